The van der Waals surface area contributed by atoms with Gasteiger partial charge >= 0.3 is 0 Å². The van der Waals surface area contributed by atoms with Crippen molar-refractivity contribution in [3.63, 3.8) is 0 Å². The van der Waals surface area contributed by atoms with E-state index >= 15 is 0 Å². The molecule has 7 heteroatoms. The van der Waals surface area contributed by atoms with Gasteiger partial charge in [0, 0.05) is 49.2 Å². The second-order valence-corrected chi connectivity index (χ2v) is 5.45. The van der Waals surface area contributed by atoms with Crippen molar-refractivity contribution in [2.45, 2.75) is 26.6 Å². The van der Waals surface area contributed by atoms with Gasteiger partial charge in [-0.05, 0) is 25.1 Å². The first-order valence-corrected chi connectivity index (χ1v) is 7.94. The van der Waals surface area contributed by atoms with E-state index in [0.29, 0.717) is 19.0 Å². The molecule has 1 N–H and O–H groups in total. The molecule has 0 atom stereocenters. The van der Waals surface area contributed by atoms with Crippen molar-refractivity contribution in [3.05, 3.63) is 71.7 Å². The number of rotatable bonds is 7. The van der Waals surface area contributed by atoms with Crippen molar-refractivity contribution in [2.24, 2.45) is 0 Å². The van der Waals surface area contributed by atoms with Crippen LogP contribution in [0.25, 0.3) is 0 Å². The number of halogens is 2. The zero-order chi connectivity index (χ0) is 17.6. The highest BCUT2D eigenvalue weighted by Gasteiger charge is 2.09. The van der Waals surface area contributed by atoms with Gasteiger partial charge in [-0.25, -0.2) is 13.8 Å². The third kappa shape index (κ3) is 4.39. The monoisotopic (exact) mass is 344 g/mol. The Balaban J connectivity index is 1.64. The maximum Gasteiger partial charge on any atom is 0.223 e. The summed E-state index contributed by atoms with van der Waals surface area (Å²) in [6, 6.07) is 7.05. The van der Waals surface area contributed by atoms with E-state index in [1.54, 1.807) is 12.3 Å². The summed E-state index contributed by atoms with van der Waals surface area (Å²) in [7, 11) is 0. The molecule has 5 nitrogen and oxygen atoms in total. The molecule has 0 unspecified atom stereocenters. The smallest absolute Gasteiger partial charge is 0.223 e. The average Bonchev–Trinajstić information content (AvgIpc) is 3.08. The number of hydrogen-bond acceptors (Lipinski definition) is 4. The van der Waals surface area contributed by atoms with Crippen LogP contribution in [0.3, 0.4) is 0 Å². The summed E-state index contributed by atoms with van der Waals surface area (Å²) in [5.74, 6) is -1.32. The Morgan fingerprint density at radius 3 is 2.80 bits per heavy atom. The maximum atomic E-state index is 13.3. The van der Waals surface area contributed by atoms with Crippen LogP contribution in [0.2, 0.25) is 0 Å². The molecule has 130 valence electrons. The van der Waals surface area contributed by atoms with Crippen LogP contribution in [-0.4, -0.2) is 14.8 Å². The molecule has 0 spiro atoms. The number of benzene rings is 1. The first kappa shape index (κ1) is 17.0. The SMILES string of the molecule is CCn1cc(CNCc2cccnc2Oc2ccc(F)c(F)c2)cn1. The van der Waals surface area contributed by atoms with Gasteiger partial charge in [0.15, 0.2) is 11.6 Å². The summed E-state index contributed by atoms with van der Waals surface area (Å²) in [5, 5.41) is 7.52. The first-order valence-electron chi connectivity index (χ1n) is 7.94. The third-order valence-corrected chi connectivity index (χ3v) is 3.61. The highest BCUT2D eigenvalue weighted by Crippen LogP contribution is 2.24. The van der Waals surface area contributed by atoms with E-state index in [1.165, 1.54) is 6.07 Å². The highest BCUT2D eigenvalue weighted by molar-refractivity contribution is 5.32. The molecule has 3 rings (SSSR count). The summed E-state index contributed by atoms with van der Waals surface area (Å²) >= 11 is 0. The zero-order valence-electron chi connectivity index (χ0n) is 13.7. The topological polar surface area (TPSA) is 52.0 Å². The summed E-state index contributed by atoms with van der Waals surface area (Å²) in [6.07, 6.45) is 5.39. The van der Waals surface area contributed by atoms with Gasteiger partial charge in [-0.3, -0.25) is 4.68 Å². The molecule has 2 aromatic heterocycles. The lowest BCUT2D eigenvalue weighted by Crippen LogP contribution is -2.13. The van der Waals surface area contributed by atoms with Crippen molar-refractivity contribution in [1.82, 2.24) is 20.1 Å². The van der Waals surface area contributed by atoms with Gasteiger partial charge in [0.1, 0.15) is 5.75 Å². The fraction of sp³-hybridized carbons (Fsp3) is 0.222. The lowest BCUT2D eigenvalue weighted by molar-refractivity contribution is 0.440. The minimum atomic E-state index is -0.957. The van der Waals surface area contributed by atoms with E-state index in [9.17, 15) is 8.78 Å². The molecule has 0 aliphatic heterocycles. The average molecular weight is 344 g/mol. The molecular weight excluding hydrogens is 326 g/mol. The molecule has 0 fully saturated rings. The van der Waals surface area contributed by atoms with E-state index in [2.05, 4.69) is 15.4 Å². The number of nitrogens with one attached hydrogen (secondary N) is 1. The maximum absolute atomic E-state index is 13.3. The van der Waals surface area contributed by atoms with E-state index in [1.807, 2.05) is 30.1 Å². The van der Waals surface area contributed by atoms with Crippen LogP contribution in [0, 0.1) is 11.6 Å². The Bertz CT molecular complexity index is 851. The van der Waals surface area contributed by atoms with Crippen LogP contribution in [0.15, 0.2) is 48.9 Å². The van der Waals surface area contributed by atoms with Crippen molar-refractivity contribution < 1.29 is 13.5 Å². The van der Waals surface area contributed by atoms with Crippen LogP contribution in [-0.2, 0) is 19.6 Å². The molecule has 1 aromatic carbocycles. The van der Waals surface area contributed by atoms with Crippen LogP contribution in [0.4, 0.5) is 8.78 Å². The molecule has 25 heavy (non-hydrogen) atoms. The van der Waals surface area contributed by atoms with Crippen LogP contribution < -0.4 is 10.1 Å². The summed E-state index contributed by atoms with van der Waals surface area (Å²) < 4.78 is 33.8. The predicted molar refractivity (Wildman–Crippen MR) is 89.1 cm³/mol. The highest BCUT2D eigenvalue weighted by atomic mass is 19.2. The van der Waals surface area contributed by atoms with Crippen molar-refractivity contribution in [2.75, 3.05) is 0 Å². The molecule has 0 bridgehead atoms. The molecule has 0 saturated carbocycles. The zero-order valence-corrected chi connectivity index (χ0v) is 13.7. The number of aryl methyl sites for hydroxylation is 1. The molecule has 3 aromatic rings. The summed E-state index contributed by atoms with van der Waals surface area (Å²) in [6.45, 7) is 4.03. The van der Waals surface area contributed by atoms with Gasteiger partial charge < -0.3 is 10.1 Å². The van der Waals surface area contributed by atoms with E-state index < -0.39 is 11.6 Å². The number of ether oxygens (including phenoxy) is 1. The van der Waals surface area contributed by atoms with E-state index in [-0.39, 0.29) is 5.75 Å². The van der Waals surface area contributed by atoms with Gasteiger partial charge in [-0.1, -0.05) is 6.07 Å². The minimum Gasteiger partial charge on any atom is -0.439 e. The number of hydrogen-bond donors (Lipinski definition) is 1. The lowest BCUT2D eigenvalue weighted by Gasteiger charge is -2.10. The predicted octanol–water partition coefficient (Wildman–Crippen LogP) is 3.66. The fourth-order valence-corrected chi connectivity index (χ4v) is 2.31. The summed E-state index contributed by atoms with van der Waals surface area (Å²) in [4.78, 5) is 4.17. The van der Waals surface area contributed by atoms with Gasteiger partial charge in [-0.2, -0.15) is 5.10 Å². The Kier molecular flexibility index (Phi) is 5.35. The van der Waals surface area contributed by atoms with Crippen molar-refractivity contribution >= 4 is 0 Å². The van der Waals surface area contributed by atoms with Gasteiger partial charge in [-0.15, -0.1) is 0 Å². The van der Waals surface area contributed by atoms with E-state index in [0.717, 1.165) is 29.8 Å². The van der Waals surface area contributed by atoms with E-state index in [4.69, 9.17) is 4.74 Å². The van der Waals surface area contributed by atoms with Gasteiger partial charge in [0.2, 0.25) is 5.88 Å². The molecule has 0 saturated heterocycles. The Hall–Kier alpha value is -2.80. The standard InChI is InChI=1S/C18H18F2N4O/c1-2-24-12-13(10-23-24)9-21-11-14-4-3-7-22-18(14)25-15-5-6-16(19)17(20)8-15/h3-8,10,12,21H,2,9,11H2,1H3. The Morgan fingerprint density at radius 2 is 2.04 bits per heavy atom. The van der Waals surface area contributed by atoms with Crippen LogP contribution in [0.1, 0.15) is 18.1 Å². The van der Waals surface area contributed by atoms with Crippen LogP contribution >= 0.6 is 0 Å². The largest absolute Gasteiger partial charge is 0.439 e. The molecular formula is C18H18F2N4O. The summed E-state index contributed by atoms with van der Waals surface area (Å²) in [5.41, 5.74) is 1.89. The van der Waals surface area contributed by atoms with Crippen molar-refractivity contribution in [1.29, 1.82) is 0 Å². The fourth-order valence-electron chi connectivity index (χ4n) is 2.31. The Labute approximate surface area is 144 Å². The van der Waals surface area contributed by atoms with Crippen LogP contribution in [0.5, 0.6) is 11.6 Å². The Morgan fingerprint density at radius 1 is 1.16 bits per heavy atom. The molecule has 0 aliphatic rings. The van der Waals surface area contributed by atoms with Crippen molar-refractivity contribution in [3.8, 4) is 11.6 Å². The second kappa shape index (κ2) is 7.85. The number of pyridine rings is 1. The first-order chi connectivity index (χ1) is 12.2. The minimum absolute atomic E-state index is 0.197. The second-order valence-electron chi connectivity index (χ2n) is 5.45. The molecule has 0 radical (unpaired) electrons. The van der Waals surface area contributed by atoms with Gasteiger partial charge in [0.05, 0.1) is 6.20 Å². The molecule has 0 aliphatic carbocycles. The lowest BCUT2D eigenvalue weighted by atomic mass is 10.2. The van der Waals surface area contributed by atoms with Gasteiger partial charge in [0.25, 0.3) is 0 Å². The third-order valence-electron chi connectivity index (χ3n) is 3.61. The molecule has 0 amide bonds. The quantitative estimate of drug-likeness (QED) is 0.711. The number of aromatic nitrogens is 3. The normalized spacial score (nSPS) is 10.8. The number of nitrogens with zero attached hydrogens (tertiary/aromatic N) is 3. The molecule has 2 heterocycles.